The number of aldehydes is 1. The van der Waals surface area contributed by atoms with E-state index in [1.807, 2.05) is 42.5 Å². The Bertz CT molecular complexity index is 1140. The highest BCUT2D eigenvalue weighted by atomic mass is 16.5. The Morgan fingerprint density at radius 3 is 2.72 bits per heavy atom. The molecule has 0 unspecified atom stereocenters. The summed E-state index contributed by atoms with van der Waals surface area (Å²) < 4.78 is 5.44. The fourth-order valence-electron chi connectivity index (χ4n) is 3.29. The van der Waals surface area contributed by atoms with Gasteiger partial charge in [0.1, 0.15) is 29.8 Å². The summed E-state index contributed by atoms with van der Waals surface area (Å²) in [6.45, 7) is -0.0756. The van der Waals surface area contributed by atoms with Crippen LogP contribution in [0.1, 0.15) is 22.0 Å². The third kappa shape index (κ3) is 3.68. The van der Waals surface area contributed by atoms with Crippen molar-refractivity contribution in [3.05, 3.63) is 72.1 Å². The molecular formula is C22H20N4O3. The minimum absolute atomic E-state index is 0.0756. The zero-order chi connectivity index (χ0) is 20.2. The van der Waals surface area contributed by atoms with Crippen LogP contribution in [0.15, 0.2) is 60.9 Å². The Morgan fingerprint density at radius 2 is 2.00 bits per heavy atom. The molecule has 29 heavy (non-hydrogen) atoms. The van der Waals surface area contributed by atoms with Gasteiger partial charge in [-0.25, -0.2) is 9.97 Å². The number of aliphatic hydroxyl groups excluding tert-OH is 1. The lowest BCUT2D eigenvalue weighted by Gasteiger charge is -2.17. The number of carbonyl (C=O) groups excluding carboxylic acids is 1. The van der Waals surface area contributed by atoms with Gasteiger partial charge in [0.05, 0.1) is 30.8 Å². The summed E-state index contributed by atoms with van der Waals surface area (Å²) in [7, 11) is 1.56. The highest BCUT2D eigenvalue weighted by Crippen LogP contribution is 2.34. The molecule has 146 valence electrons. The molecule has 2 heterocycles. The number of methoxy groups -OCH3 is 1. The summed E-state index contributed by atoms with van der Waals surface area (Å²) in [5.41, 5.74) is 3.76. The van der Waals surface area contributed by atoms with E-state index < -0.39 is 0 Å². The lowest BCUT2D eigenvalue weighted by molar-refractivity contribution is 0.112. The Balaban J connectivity index is 1.74. The largest absolute Gasteiger partial charge is 0.496 e. The fourth-order valence-corrected chi connectivity index (χ4v) is 3.29. The smallest absolute Gasteiger partial charge is 0.150 e. The molecule has 1 atom stereocenters. The number of benzene rings is 2. The molecule has 0 saturated carbocycles. The molecule has 0 saturated heterocycles. The van der Waals surface area contributed by atoms with Gasteiger partial charge in [-0.15, -0.1) is 0 Å². The predicted octanol–water partition coefficient (Wildman–Crippen LogP) is 3.59. The van der Waals surface area contributed by atoms with Gasteiger partial charge in [-0.1, -0.05) is 36.4 Å². The molecule has 0 aliphatic carbocycles. The molecule has 0 bridgehead atoms. The second kappa shape index (κ2) is 8.12. The van der Waals surface area contributed by atoms with E-state index in [1.54, 1.807) is 19.2 Å². The van der Waals surface area contributed by atoms with E-state index in [0.717, 1.165) is 28.5 Å². The second-order valence-electron chi connectivity index (χ2n) is 6.54. The lowest BCUT2D eigenvalue weighted by atomic mass is 10.1. The predicted molar refractivity (Wildman–Crippen MR) is 111 cm³/mol. The van der Waals surface area contributed by atoms with E-state index in [1.165, 1.54) is 6.33 Å². The average molecular weight is 388 g/mol. The van der Waals surface area contributed by atoms with Gasteiger partial charge in [0.15, 0.2) is 0 Å². The molecule has 2 aromatic carbocycles. The first-order valence-electron chi connectivity index (χ1n) is 9.13. The van der Waals surface area contributed by atoms with Crippen molar-refractivity contribution < 1.29 is 14.6 Å². The summed E-state index contributed by atoms with van der Waals surface area (Å²) in [5, 5.41) is 13.9. The zero-order valence-corrected chi connectivity index (χ0v) is 15.8. The maximum Gasteiger partial charge on any atom is 0.150 e. The number of fused-ring (bicyclic) bond motifs is 1. The SMILES string of the molecule is COc1cc(C=O)ccc1-c1cc2c(N[C@H](CO)c3ccccc3)ncnc2[nH]1. The highest BCUT2D eigenvalue weighted by molar-refractivity contribution is 5.92. The Hall–Kier alpha value is -3.71. The number of nitrogens with one attached hydrogen (secondary N) is 2. The topological polar surface area (TPSA) is 100 Å². The number of hydrogen-bond donors (Lipinski definition) is 3. The number of ether oxygens (including phenoxy) is 1. The van der Waals surface area contributed by atoms with Crippen LogP contribution in [0.2, 0.25) is 0 Å². The minimum atomic E-state index is -0.297. The average Bonchev–Trinajstić information content (AvgIpc) is 3.22. The minimum Gasteiger partial charge on any atom is -0.496 e. The zero-order valence-electron chi connectivity index (χ0n) is 15.8. The van der Waals surface area contributed by atoms with Crippen LogP contribution in [0.4, 0.5) is 5.82 Å². The number of aliphatic hydroxyl groups is 1. The van der Waals surface area contributed by atoms with Crippen molar-refractivity contribution in [2.24, 2.45) is 0 Å². The molecule has 7 heteroatoms. The summed E-state index contributed by atoms with van der Waals surface area (Å²) in [4.78, 5) is 23.0. The standard InChI is InChI=1S/C22H20N4O3/c1-29-20-9-14(11-27)7-8-16(20)18-10-17-21(25-18)23-13-24-22(17)26-19(12-28)15-5-3-2-4-6-15/h2-11,13,19,28H,12H2,1H3,(H2,23,24,25,26)/t19-/m1/s1. The second-order valence-corrected chi connectivity index (χ2v) is 6.54. The molecular weight excluding hydrogens is 368 g/mol. The maximum atomic E-state index is 11.0. The Morgan fingerprint density at radius 1 is 1.17 bits per heavy atom. The van der Waals surface area contributed by atoms with Crippen molar-refractivity contribution in [3.8, 4) is 17.0 Å². The summed E-state index contributed by atoms with van der Waals surface area (Å²) in [5.74, 6) is 1.20. The summed E-state index contributed by atoms with van der Waals surface area (Å²) in [6.07, 6.45) is 2.25. The van der Waals surface area contributed by atoms with Gasteiger partial charge in [0.2, 0.25) is 0 Å². The van der Waals surface area contributed by atoms with Crippen molar-refractivity contribution >= 4 is 23.1 Å². The number of anilines is 1. The van der Waals surface area contributed by atoms with Gasteiger partial charge < -0.3 is 20.1 Å². The van der Waals surface area contributed by atoms with E-state index >= 15 is 0 Å². The fraction of sp³-hybridized carbons (Fsp3) is 0.136. The highest BCUT2D eigenvalue weighted by Gasteiger charge is 2.16. The molecule has 0 aliphatic heterocycles. The van der Waals surface area contributed by atoms with Crippen LogP contribution in [-0.4, -0.2) is 40.1 Å². The molecule has 4 rings (SSSR count). The van der Waals surface area contributed by atoms with Crippen LogP contribution in [0.3, 0.4) is 0 Å². The van der Waals surface area contributed by atoms with Crippen LogP contribution in [-0.2, 0) is 0 Å². The number of rotatable bonds is 7. The quantitative estimate of drug-likeness (QED) is 0.418. The van der Waals surface area contributed by atoms with Crippen LogP contribution in [0.25, 0.3) is 22.3 Å². The first-order valence-corrected chi connectivity index (χ1v) is 9.13. The Labute approximate surface area is 167 Å². The first-order chi connectivity index (χ1) is 14.2. The van der Waals surface area contributed by atoms with Crippen LogP contribution < -0.4 is 10.1 Å². The molecule has 0 aliphatic rings. The van der Waals surface area contributed by atoms with Crippen molar-refractivity contribution in [2.75, 3.05) is 19.0 Å². The first kappa shape index (κ1) is 18.6. The number of hydrogen-bond acceptors (Lipinski definition) is 6. The van der Waals surface area contributed by atoms with Gasteiger partial charge in [-0.2, -0.15) is 0 Å². The van der Waals surface area contributed by atoms with E-state index in [4.69, 9.17) is 4.74 Å². The van der Waals surface area contributed by atoms with Gasteiger partial charge in [0, 0.05) is 11.1 Å². The maximum absolute atomic E-state index is 11.0. The number of carbonyl (C=O) groups is 1. The normalized spacial score (nSPS) is 11.9. The van der Waals surface area contributed by atoms with E-state index in [2.05, 4.69) is 20.3 Å². The molecule has 4 aromatic rings. The van der Waals surface area contributed by atoms with Crippen molar-refractivity contribution in [2.45, 2.75) is 6.04 Å². The van der Waals surface area contributed by atoms with Crippen molar-refractivity contribution in [1.29, 1.82) is 0 Å². The van der Waals surface area contributed by atoms with Crippen molar-refractivity contribution in [1.82, 2.24) is 15.0 Å². The van der Waals surface area contributed by atoms with Gasteiger partial charge in [-0.05, 0) is 23.8 Å². The Kier molecular flexibility index (Phi) is 5.22. The van der Waals surface area contributed by atoms with E-state index in [0.29, 0.717) is 22.8 Å². The summed E-state index contributed by atoms with van der Waals surface area (Å²) in [6, 6.07) is 16.6. The lowest BCUT2D eigenvalue weighted by Crippen LogP contribution is -2.15. The van der Waals surface area contributed by atoms with Crippen LogP contribution in [0.5, 0.6) is 5.75 Å². The summed E-state index contributed by atoms with van der Waals surface area (Å²) >= 11 is 0. The van der Waals surface area contributed by atoms with Crippen LogP contribution >= 0.6 is 0 Å². The van der Waals surface area contributed by atoms with Gasteiger partial charge in [-0.3, -0.25) is 4.79 Å². The number of H-pyrrole nitrogens is 1. The van der Waals surface area contributed by atoms with Crippen molar-refractivity contribution in [3.63, 3.8) is 0 Å². The third-order valence-electron chi connectivity index (χ3n) is 4.77. The number of nitrogens with zero attached hydrogens (tertiary/aromatic N) is 2. The van der Waals surface area contributed by atoms with Crippen LogP contribution in [0, 0.1) is 0 Å². The number of aromatic nitrogens is 3. The van der Waals surface area contributed by atoms with E-state index in [-0.39, 0.29) is 12.6 Å². The molecule has 2 aromatic heterocycles. The third-order valence-corrected chi connectivity index (χ3v) is 4.77. The van der Waals surface area contributed by atoms with Gasteiger partial charge in [0.25, 0.3) is 0 Å². The van der Waals surface area contributed by atoms with E-state index in [9.17, 15) is 9.90 Å². The molecule has 7 nitrogen and oxygen atoms in total. The molecule has 0 radical (unpaired) electrons. The molecule has 0 amide bonds. The number of aromatic amines is 1. The molecule has 0 spiro atoms. The monoisotopic (exact) mass is 388 g/mol. The van der Waals surface area contributed by atoms with Gasteiger partial charge >= 0.3 is 0 Å². The molecule has 0 fully saturated rings. The molecule has 3 N–H and O–H groups in total.